The van der Waals surface area contributed by atoms with Crippen LogP contribution in [0, 0.1) is 0 Å². The zero-order chi connectivity index (χ0) is 11.5. The lowest BCUT2D eigenvalue weighted by Gasteiger charge is -2.10. The molecule has 0 spiro atoms. The lowest BCUT2D eigenvalue weighted by Crippen LogP contribution is -2.18. The molecule has 0 saturated heterocycles. The van der Waals surface area contributed by atoms with Gasteiger partial charge in [-0.2, -0.15) is 0 Å². The van der Waals surface area contributed by atoms with Crippen molar-refractivity contribution in [3.05, 3.63) is 24.3 Å². The lowest BCUT2D eigenvalue weighted by molar-refractivity contribution is 0.413. The Kier molecular flexibility index (Phi) is 3.61. The summed E-state index contributed by atoms with van der Waals surface area (Å²) in [5.41, 5.74) is 5.84. The van der Waals surface area contributed by atoms with Gasteiger partial charge < -0.3 is 10.5 Å². The van der Waals surface area contributed by atoms with Gasteiger partial charge in [-0.05, 0) is 37.5 Å². The first-order chi connectivity index (χ1) is 7.70. The Labute approximate surface area is 98.4 Å². The normalized spacial score (nSPS) is 26.6. The summed E-state index contributed by atoms with van der Waals surface area (Å²) in [5, 5.41) is 0.210. The van der Waals surface area contributed by atoms with Crippen LogP contribution in [0.25, 0.3) is 0 Å². The van der Waals surface area contributed by atoms with Crippen molar-refractivity contribution in [3.63, 3.8) is 0 Å². The van der Waals surface area contributed by atoms with E-state index < -0.39 is 10.8 Å². The van der Waals surface area contributed by atoms with E-state index in [9.17, 15) is 4.21 Å². The minimum Gasteiger partial charge on any atom is -0.497 e. The molecule has 2 rings (SSSR count). The molecule has 4 heteroatoms. The number of ether oxygens (including phenoxy) is 1. The van der Waals surface area contributed by atoms with E-state index in [1.807, 2.05) is 24.3 Å². The molecule has 1 aromatic carbocycles. The summed E-state index contributed by atoms with van der Waals surface area (Å²) in [6.45, 7) is 0. The second kappa shape index (κ2) is 4.97. The van der Waals surface area contributed by atoms with Gasteiger partial charge in [0.15, 0.2) is 0 Å². The van der Waals surface area contributed by atoms with Crippen LogP contribution in [0.3, 0.4) is 0 Å². The Morgan fingerprint density at radius 1 is 1.44 bits per heavy atom. The van der Waals surface area contributed by atoms with Crippen LogP contribution in [0.4, 0.5) is 0 Å². The van der Waals surface area contributed by atoms with E-state index in [2.05, 4.69) is 0 Å². The smallest absolute Gasteiger partial charge is 0.120 e. The summed E-state index contributed by atoms with van der Waals surface area (Å²) in [6.07, 6.45) is 2.81. The van der Waals surface area contributed by atoms with Gasteiger partial charge in [0.2, 0.25) is 0 Å². The Hall–Kier alpha value is -0.870. The van der Waals surface area contributed by atoms with Crippen molar-refractivity contribution in [1.29, 1.82) is 0 Å². The largest absolute Gasteiger partial charge is 0.497 e. The van der Waals surface area contributed by atoms with Gasteiger partial charge in [0.1, 0.15) is 5.75 Å². The summed E-state index contributed by atoms with van der Waals surface area (Å²) < 4.78 is 17.4. The molecule has 16 heavy (non-hydrogen) atoms. The highest BCUT2D eigenvalue weighted by Gasteiger charge is 2.27. The molecule has 0 amide bonds. The highest BCUT2D eigenvalue weighted by molar-refractivity contribution is 7.85. The van der Waals surface area contributed by atoms with Gasteiger partial charge in [0, 0.05) is 16.2 Å². The topological polar surface area (TPSA) is 52.3 Å². The average Bonchev–Trinajstić information content (AvgIpc) is 2.75. The van der Waals surface area contributed by atoms with Crippen molar-refractivity contribution in [1.82, 2.24) is 0 Å². The lowest BCUT2D eigenvalue weighted by atomic mass is 10.3. The monoisotopic (exact) mass is 239 g/mol. The molecule has 0 aliphatic heterocycles. The number of methoxy groups -OCH3 is 1. The third-order valence-electron chi connectivity index (χ3n) is 3.00. The third-order valence-corrected chi connectivity index (χ3v) is 4.75. The zero-order valence-electron chi connectivity index (χ0n) is 9.39. The SMILES string of the molecule is COc1cccc(S(=O)C2CCC(N)C2)c1. The molecule has 1 aromatic rings. The molecule has 0 bridgehead atoms. The second-order valence-electron chi connectivity index (χ2n) is 4.17. The number of rotatable bonds is 3. The Morgan fingerprint density at radius 3 is 2.88 bits per heavy atom. The second-order valence-corrected chi connectivity index (χ2v) is 5.90. The van der Waals surface area contributed by atoms with Gasteiger partial charge in [-0.15, -0.1) is 0 Å². The van der Waals surface area contributed by atoms with Crippen LogP contribution >= 0.6 is 0 Å². The molecule has 3 unspecified atom stereocenters. The zero-order valence-corrected chi connectivity index (χ0v) is 10.2. The molecule has 2 N–H and O–H groups in total. The van der Waals surface area contributed by atoms with E-state index in [1.54, 1.807) is 7.11 Å². The van der Waals surface area contributed by atoms with Crippen LogP contribution < -0.4 is 10.5 Å². The fourth-order valence-corrected chi connectivity index (χ4v) is 3.69. The fourth-order valence-electron chi connectivity index (χ4n) is 2.09. The molecular weight excluding hydrogens is 222 g/mol. The minimum absolute atomic E-state index is 0.210. The first kappa shape index (κ1) is 11.6. The molecule has 3 nitrogen and oxygen atoms in total. The predicted octanol–water partition coefficient (Wildman–Crippen LogP) is 1.68. The van der Waals surface area contributed by atoms with Crippen LogP contribution in [-0.2, 0) is 10.8 Å². The van der Waals surface area contributed by atoms with Crippen LogP contribution in [0.1, 0.15) is 19.3 Å². The quantitative estimate of drug-likeness (QED) is 0.873. The number of hydrogen-bond acceptors (Lipinski definition) is 3. The summed E-state index contributed by atoms with van der Waals surface area (Å²) in [5.74, 6) is 0.758. The van der Waals surface area contributed by atoms with Crippen LogP contribution in [0.2, 0.25) is 0 Å². The van der Waals surface area contributed by atoms with Crippen molar-refractivity contribution >= 4 is 10.8 Å². The van der Waals surface area contributed by atoms with Gasteiger partial charge in [0.05, 0.1) is 17.9 Å². The third kappa shape index (κ3) is 2.44. The van der Waals surface area contributed by atoms with Crippen molar-refractivity contribution in [2.75, 3.05) is 7.11 Å². The number of nitrogens with two attached hydrogens (primary N) is 1. The van der Waals surface area contributed by atoms with Crippen LogP contribution in [-0.4, -0.2) is 22.6 Å². The minimum atomic E-state index is -0.951. The predicted molar refractivity (Wildman–Crippen MR) is 65.0 cm³/mol. The van der Waals surface area contributed by atoms with E-state index in [0.717, 1.165) is 29.9 Å². The molecule has 0 aromatic heterocycles. The summed E-state index contributed by atoms with van der Waals surface area (Å²) in [4.78, 5) is 0.846. The number of hydrogen-bond donors (Lipinski definition) is 1. The molecule has 3 atom stereocenters. The maximum Gasteiger partial charge on any atom is 0.120 e. The van der Waals surface area contributed by atoms with Gasteiger partial charge in [-0.1, -0.05) is 6.07 Å². The van der Waals surface area contributed by atoms with Gasteiger partial charge in [-0.3, -0.25) is 4.21 Å². The van der Waals surface area contributed by atoms with E-state index in [4.69, 9.17) is 10.5 Å². The summed E-state index contributed by atoms with van der Waals surface area (Å²) in [6, 6.07) is 7.70. The van der Waals surface area contributed by atoms with Gasteiger partial charge in [-0.25, -0.2) is 0 Å². The van der Waals surface area contributed by atoms with Crippen LogP contribution in [0.5, 0.6) is 5.75 Å². The molecule has 0 radical (unpaired) electrons. The first-order valence-electron chi connectivity index (χ1n) is 5.51. The maximum atomic E-state index is 12.3. The Morgan fingerprint density at radius 2 is 2.25 bits per heavy atom. The van der Waals surface area contributed by atoms with E-state index in [0.29, 0.717) is 0 Å². The molecule has 1 fully saturated rings. The van der Waals surface area contributed by atoms with E-state index in [1.165, 1.54) is 0 Å². The molecular formula is C12H17NO2S. The molecule has 0 heterocycles. The van der Waals surface area contributed by atoms with E-state index in [-0.39, 0.29) is 11.3 Å². The van der Waals surface area contributed by atoms with Crippen molar-refractivity contribution in [3.8, 4) is 5.75 Å². The van der Waals surface area contributed by atoms with Crippen molar-refractivity contribution in [2.45, 2.75) is 35.4 Å². The summed E-state index contributed by atoms with van der Waals surface area (Å²) >= 11 is 0. The molecule has 1 aliphatic carbocycles. The fraction of sp³-hybridized carbons (Fsp3) is 0.500. The van der Waals surface area contributed by atoms with Crippen molar-refractivity contribution < 1.29 is 8.95 Å². The van der Waals surface area contributed by atoms with Gasteiger partial charge in [0.25, 0.3) is 0 Å². The molecule has 1 aliphatic rings. The summed E-state index contributed by atoms with van der Waals surface area (Å²) in [7, 11) is 0.667. The average molecular weight is 239 g/mol. The molecule has 1 saturated carbocycles. The Balaban J connectivity index is 2.14. The maximum absolute atomic E-state index is 12.3. The molecule has 88 valence electrons. The standard InChI is InChI=1S/C12H17NO2S/c1-15-10-3-2-4-11(8-10)16(14)12-6-5-9(13)7-12/h2-4,8-9,12H,5-7,13H2,1H3. The van der Waals surface area contributed by atoms with Gasteiger partial charge >= 0.3 is 0 Å². The highest BCUT2D eigenvalue weighted by atomic mass is 32.2. The first-order valence-corrected chi connectivity index (χ1v) is 6.72. The Bertz CT molecular complexity index is 394. The van der Waals surface area contributed by atoms with E-state index >= 15 is 0 Å². The number of benzene rings is 1. The van der Waals surface area contributed by atoms with Crippen molar-refractivity contribution in [2.24, 2.45) is 5.73 Å². The highest BCUT2D eigenvalue weighted by Crippen LogP contribution is 2.27. The van der Waals surface area contributed by atoms with Crippen LogP contribution in [0.15, 0.2) is 29.2 Å².